The van der Waals surface area contributed by atoms with E-state index >= 15 is 0 Å². The number of benzene rings is 2. The van der Waals surface area contributed by atoms with E-state index in [0.29, 0.717) is 0 Å². The summed E-state index contributed by atoms with van der Waals surface area (Å²) < 4.78 is 37.2. The van der Waals surface area contributed by atoms with Crippen LogP contribution < -0.4 is 4.74 Å². The minimum Gasteiger partial charge on any atom is -0.441 e. The highest BCUT2D eigenvalue weighted by atomic mass is 19.1. The maximum Gasteiger partial charge on any atom is 0.311 e. The Morgan fingerprint density at radius 3 is 2.74 bits per heavy atom. The van der Waals surface area contributed by atoms with E-state index in [0.717, 1.165) is 18.2 Å². The summed E-state index contributed by atoms with van der Waals surface area (Å²) in [5.41, 5.74) is -0.295. The van der Waals surface area contributed by atoms with Crippen molar-refractivity contribution < 1.29 is 27.7 Å². The van der Waals surface area contributed by atoms with Gasteiger partial charge in [0.25, 0.3) is 0 Å². The van der Waals surface area contributed by atoms with Gasteiger partial charge in [-0.1, -0.05) is 12.1 Å². The molecule has 0 saturated carbocycles. The monoisotopic (exact) mass is 374 g/mol. The predicted molar refractivity (Wildman–Crippen MR) is 88.9 cm³/mol. The molecule has 7 nitrogen and oxygen atoms in total. The minimum atomic E-state index is -0.825. The van der Waals surface area contributed by atoms with Gasteiger partial charge in [0.15, 0.2) is 11.7 Å². The number of carbonyl (C=O) groups is 1. The van der Waals surface area contributed by atoms with Gasteiger partial charge in [-0.15, -0.1) is 0 Å². The molecular weight excluding hydrogens is 362 g/mol. The zero-order chi connectivity index (χ0) is 19.4. The molecular formula is C18H12F2N2O5. The molecule has 0 fully saturated rings. The molecule has 0 aliphatic heterocycles. The van der Waals surface area contributed by atoms with Gasteiger partial charge in [-0.2, -0.15) is 0 Å². The highest BCUT2D eigenvalue weighted by Gasteiger charge is 2.19. The van der Waals surface area contributed by atoms with Crippen LogP contribution in [0.1, 0.15) is 12.3 Å². The molecule has 1 heterocycles. The molecule has 9 heteroatoms. The molecule has 0 aliphatic carbocycles. The zero-order valence-corrected chi connectivity index (χ0v) is 13.7. The first kappa shape index (κ1) is 18.2. The topological polar surface area (TPSA) is 95.5 Å². The fourth-order valence-electron chi connectivity index (χ4n) is 2.31. The first-order chi connectivity index (χ1) is 12.9. The van der Waals surface area contributed by atoms with E-state index in [1.807, 2.05) is 0 Å². The summed E-state index contributed by atoms with van der Waals surface area (Å²) in [6, 6.07) is 8.55. The predicted octanol–water partition coefficient (Wildman–Crippen LogP) is 4.07. The number of nitro benzene ring substituents is 1. The normalized spacial score (nSPS) is 10.6. The molecule has 2 aromatic carbocycles. The molecule has 0 atom stereocenters. The molecule has 0 N–H and O–H groups in total. The van der Waals surface area contributed by atoms with E-state index in [4.69, 9.17) is 9.15 Å². The summed E-state index contributed by atoms with van der Waals surface area (Å²) in [6.07, 6.45) is 1.14. The zero-order valence-electron chi connectivity index (χ0n) is 13.7. The molecule has 1 aromatic heterocycles. The van der Waals surface area contributed by atoms with E-state index in [-0.39, 0.29) is 30.1 Å². The number of rotatable bonds is 6. The van der Waals surface area contributed by atoms with Gasteiger partial charge < -0.3 is 9.15 Å². The van der Waals surface area contributed by atoms with Gasteiger partial charge in [0.05, 0.1) is 23.1 Å². The Morgan fingerprint density at radius 1 is 1.22 bits per heavy atom. The van der Waals surface area contributed by atoms with Crippen molar-refractivity contribution in [1.82, 2.24) is 4.98 Å². The van der Waals surface area contributed by atoms with Gasteiger partial charge in [-0.3, -0.25) is 14.9 Å². The van der Waals surface area contributed by atoms with Crippen LogP contribution in [0.25, 0.3) is 11.3 Å². The van der Waals surface area contributed by atoms with Crippen LogP contribution in [0.4, 0.5) is 14.5 Å². The van der Waals surface area contributed by atoms with Gasteiger partial charge in [0.1, 0.15) is 11.6 Å². The molecule has 138 valence electrons. The molecule has 0 spiro atoms. The van der Waals surface area contributed by atoms with Gasteiger partial charge in [-0.05, 0) is 18.2 Å². The average molecular weight is 374 g/mol. The van der Waals surface area contributed by atoms with Crippen molar-refractivity contribution in [1.29, 1.82) is 0 Å². The fraction of sp³-hybridized carbons (Fsp3) is 0.111. The van der Waals surface area contributed by atoms with Crippen LogP contribution in [0, 0.1) is 21.7 Å². The summed E-state index contributed by atoms with van der Waals surface area (Å²) in [5.74, 6) is -2.18. The second-order valence-electron chi connectivity index (χ2n) is 5.44. The summed E-state index contributed by atoms with van der Waals surface area (Å²) in [4.78, 5) is 26.0. The standard InChI is InChI=1S/C18H12F2N2O5/c19-11-5-6-14(22(24)25)15(9-11)27-18(23)8-7-17-21-10-16(26-17)12-3-1-2-4-13(12)20/h1-6,9-10H,7-8H2. The van der Waals surface area contributed by atoms with Crippen LogP contribution in [-0.4, -0.2) is 15.9 Å². The van der Waals surface area contributed by atoms with Crippen molar-refractivity contribution in [2.45, 2.75) is 12.8 Å². The number of nitrogens with zero attached hydrogens (tertiary/aromatic N) is 2. The van der Waals surface area contributed by atoms with Crippen molar-refractivity contribution in [3.8, 4) is 17.1 Å². The summed E-state index contributed by atoms with van der Waals surface area (Å²) in [6.45, 7) is 0. The number of aryl methyl sites for hydroxylation is 1. The largest absolute Gasteiger partial charge is 0.441 e. The van der Waals surface area contributed by atoms with E-state index in [1.54, 1.807) is 6.07 Å². The smallest absolute Gasteiger partial charge is 0.311 e. The second kappa shape index (κ2) is 7.73. The minimum absolute atomic E-state index is 0.0242. The molecule has 3 aromatic rings. The molecule has 27 heavy (non-hydrogen) atoms. The molecule has 0 unspecified atom stereocenters. The number of hydrogen-bond donors (Lipinski definition) is 0. The third kappa shape index (κ3) is 4.32. The Bertz CT molecular complexity index is 1000. The van der Waals surface area contributed by atoms with Crippen LogP contribution in [0.15, 0.2) is 53.1 Å². The number of ether oxygens (including phenoxy) is 1. The molecule has 0 bridgehead atoms. The Morgan fingerprint density at radius 2 is 2.00 bits per heavy atom. The van der Waals surface area contributed by atoms with Crippen molar-refractivity contribution in [2.75, 3.05) is 0 Å². The van der Waals surface area contributed by atoms with Gasteiger partial charge >= 0.3 is 11.7 Å². The number of esters is 1. The van der Waals surface area contributed by atoms with Crippen LogP contribution >= 0.6 is 0 Å². The Labute approximate surface area is 151 Å². The van der Waals surface area contributed by atoms with Crippen LogP contribution in [0.2, 0.25) is 0 Å². The molecule has 0 aliphatic rings. The van der Waals surface area contributed by atoms with Gasteiger partial charge in [0.2, 0.25) is 5.75 Å². The van der Waals surface area contributed by atoms with Crippen molar-refractivity contribution >= 4 is 11.7 Å². The van der Waals surface area contributed by atoms with E-state index < -0.39 is 34.0 Å². The molecule has 0 amide bonds. The van der Waals surface area contributed by atoms with Crippen LogP contribution in [-0.2, 0) is 11.2 Å². The lowest BCUT2D eigenvalue weighted by Crippen LogP contribution is -2.10. The second-order valence-corrected chi connectivity index (χ2v) is 5.44. The maximum atomic E-state index is 13.7. The first-order valence-electron chi connectivity index (χ1n) is 7.78. The van der Waals surface area contributed by atoms with Crippen molar-refractivity contribution in [2.24, 2.45) is 0 Å². The summed E-state index contributed by atoms with van der Waals surface area (Å²) in [7, 11) is 0. The van der Waals surface area contributed by atoms with Crippen molar-refractivity contribution in [3.63, 3.8) is 0 Å². The van der Waals surface area contributed by atoms with Gasteiger partial charge in [-0.25, -0.2) is 13.8 Å². The average Bonchev–Trinajstić information content (AvgIpc) is 3.09. The molecule has 0 radical (unpaired) electrons. The van der Waals surface area contributed by atoms with E-state index in [2.05, 4.69) is 4.98 Å². The van der Waals surface area contributed by atoms with Crippen LogP contribution in [0.5, 0.6) is 5.75 Å². The third-order valence-corrected chi connectivity index (χ3v) is 3.58. The number of hydrogen-bond acceptors (Lipinski definition) is 6. The summed E-state index contributed by atoms with van der Waals surface area (Å²) >= 11 is 0. The lowest BCUT2D eigenvalue weighted by molar-refractivity contribution is -0.385. The number of oxazole rings is 1. The van der Waals surface area contributed by atoms with E-state index in [1.165, 1.54) is 24.4 Å². The Kier molecular flexibility index (Phi) is 5.20. The fourth-order valence-corrected chi connectivity index (χ4v) is 2.31. The third-order valence-electron chi connectivity index (χ3n) is 3.58. The SMILES string of the molecule is O=C(CCc1ncc(-c2ccccc2F)o1)Oc1cc(F)ccc1[N+](=O)[O-]. The number of halogens is 2. The summed E-state index contributed by atoms with van der Waals surface area (Å²) in [5, 5.41) is 10.9. The van der Waals surface area contributed by atoms with Gasteiger partial charge in [0, 0.05) is 18.6 Å². The first-order valence-corrected chi connectivity index (χ1v) is 7.78. The lowest BCUT2D eigenvalue weighted by atomic mass is 10.2. The number of nitro groups is 1. The van der Waals surface area contributed by atoms with E-state index in [9.17, 15) is 23.7 Å². The lowest BCUT2D eigenvalue weighted by Gasteiger charge is -2.04. The molecule has 3 rings (SSSR count). The van der Waals surface area contributed by atoms with Crippen molar-refractivity contribution in [3.05, 3.63) is 76.3 Å². The maximum absolute atomic E-state index is 13.7. The number of aromatic nitrogens is 1. The quantitative estimate of drug-likeness (QED) is 0.279. The number of carbonyl (C=O) groups excluding carboxylic acids is 1. The highest BCUT2D eigenvalue weighted by Crippen LogP contribution is 2.28. The Hall–Kier alpha value is -3.62. The Balaban J connectivity index is 1.65. The molecule has 0 saturated heterocycles. The highest BCUT2D eigenvalue weighted by molar-refractivity contribution is 5.74. The van der Waals surface area contributed by atoms with Crippen LogP contribution in [0.3, 0.4) is 0 Å².